The van der Waals surface area contributed by atoms with Crippen LogP contribution < -0.4 is 10.6 Å². The van der Waals surface area contributed by atoms with Gasteiger partial charge in [0.25, 0.3) is 5.91 Å². The third-order valence-corrected chi connectivity index (χ3v) is 4.08. The number of aromatic nitrogens is 1. The third kappa shape index (κ3) is 4.35. The summed E-state index contributed by atoms with van der Waals surface area (Å²) in [4.78, 5) is 16.9. The van der Waals surface area contributed by atoms with Gasteiger partial charge in [-0.15, -0.1) is 0 Å². The van der Waals surface area contributed by atoms with Gasteiger partial charge in [-0.2, -0.15) is 0 Å². The minimum absolute atomic E-state index is 0.133. The van der Waals surface area contributed by atoms with E-state index < -0.39 is 0 Å². The molecule has 3 rings (SSSR count). The SMILES string of the molecule is CC(C)CCNc1ccc(C(=O)Nc2cccc3cccnc23)cc1. The minimum Gasteiger partial charge on any atom is -0.385 e. The number of anilines is 2. The lowest BCUT2D eigenvalue weighted by atomic mass is 10.1. The molecule has 0 saturated carbocycles. The third-order valence-electron chi connectivity index (χ3n) is 4.08. The highest BCUT2D eigenvalue weighted by atomic mass is 16.1. The Hall–Kier alpha value is -2.88. The molecule has 0 aliphatic carbocycles. The number of benzene rings is 2. The zero-order valence-corrected chi connectivity index (χ0v) is 14.6. The molecule has 0 unspecified atom stereocenters. The van der Waals surface area contributed by atoms with Crippen molar-refractivity contribution < 1.29 is 4.79 Å². The van der Waals surface area contributed by atoms with Gasteiger partial charge < -0.3 is 10.6 Å². The van der Waals surface area contributed by atoms with Crippen LogP contribution in [0.5, 0.6) is 0 Å². The Labute approximate surface area is 148 Å². The molecule has 0 aliphatic heterocycles. The van der Waals surface area contributed by atoms with Crippen LogP contribution in [0.3, 0.4) is 0 Å². The average molecular weight is 333 g/mol. The second-order valence-corrected chi connectivity index (χ2v) is 6.52. The zero-order valence-electron chi connectivity index (χ0n) is 14.6. The van der Waals surface area contributed by atoms with Gasteiger partial charge in [0.15, 0.2) is 0 Å². The van der Waals surface area contributed by atoms with E-state index in [-0.39, 0.29) is 5.91 Å². The summed E-state index contributed by atoms with van der Waals surface area (Å²) in [6, 6.07) is 17.2. The molecule has 128 valence electrons. The fourth-order valence-electron chi connectivity index (χ4n) is 2.64. The topological polar surface area (TPSA) is 54.0 Å². The first-order valence-corrected chi connectivity index (χ1v) is 8.62. The Morgan fingerprint density at radius 3 is 2.56 bits per heavy atom. The van der Waals surface area contributed by atoms with Gasteiger partial charge in [0.1, 0.15) is 0 Å². The van der Waals surface area contributed by atoms with E-state index in [1.165, 1.54) is 0 Å². The number of amides is 1. The van der Waals surface area contributed by atoms with E-state index in [0.717, 1.165) is 35.2 Å². The van der Waals surface area contributed by atoms with Crippen molar-refractivity contribution in [1.29, 1.82) is 0 Å². The first kappa shape index (κ1) is 17.0. The van der Waals surface area contributed by atoms with Crippen molar-refractivity contribution >= 4 is 28.2 Å². The Morgan fingerprint density at radius 2 is 1.80 bits per heavy atom. The van der Waals surface area contributed by atoms with Gasteiger partial charge in [0.2, 0.25) is 0 Å². The Bertz CT molecular complexity index is 851. The van der Waals surface area contributed by atoms with Gasteiger partial charge >= 0.3 is 0 Å². The van der Waals surface area contributed by atoms with Crippen molar-refractivity contribution in [2.75, 3.05) is 17.2 Å². The van der Waals surface area contributed by atoms with E-state index in [2.05, 4.69) is 29.5 Å². The lowest BCUT2D eigenvalue weighted by Crippen LogP contribution is -2.12. The number of hydrogen-bond donors (Lipinski definition) is 2. The number of nitrogens with one attached hydrogen (secondary N) is 2. The number of rotatable bonds is 6. The van der Waals surface area contributed by atoms with Crippen LogP contribution in [0.25, 0.3) is 10.9 Å². The van der Waals surface area contributed by atoms with Crippen molar-refractivity contribution in [2.45, 2.75) is 20.3 Å². The molecule has 0 atom stereocenters. The van der Waals surface area contributed by atoms with E-state index in [1.807, 2.05) is 54.6 Å². The fourth-order valence-corrected chi connectivity index (χ4v) is 2.64. The molecular weight excluding hydrogens is 310 g/mol. The van der Waals surface area contributed by atoms with Crippen LogP contribution in [-0.4, -0.2) is 17.4 Å². The highest BCUT2D eigenvalue weighted by Crippen LogP contribution is 2.21. The fraction of sp³-hybridized carbons (Fsp3) is 0.238. The second kappa shape index (κ2) is 7.79. The van der Waals surface area contributed by atoms with Crippen LogP contribution in [0.1, 0.15) is 30.6 Å². The Morgan fingerprint density at radius 1 is 1.04 bits per heavy atom. The van der Waals surface area contributed by atoms with Crippen LogP contribution in [0, 0.1) is 5.92 Å². The van der Waals surface area contributed by atoms with Gasteiger partial charge in [-0.1, -0.05) is 32.0 Å². The first-order valence-electron chi connectivity index (χ1n) is 8.62. The highest BCUT2D eigenvalue weighted by Gasteiger charge is 2.09. The van der Waals surface area contributed by atoms with Crippen molar-refractivity contribution in [3.8, 4) is 0 Å². The largest absolute Gasteiger partial charge is 0.385 e. The smallest absolute Gasteiger partial charge is 0.255 e. The Kier molecular flexibility index (Phi) is 5.29. The molecule has 1 heterocycles. The molecule has 0 fully saturated rings. The molecule has 1 aromatic heterocycles. The summed E-state index contributed by atoms with van der Waals surface area (Å²) in [5.41, 5.74) is 3.18. The van der Waals surface area contributed by atoms with E-state index in [9.17, 15) is 4.79 Å². The molecule has 4 heteroatoms. The maximum absolute atomic E-state index is 12.5. The van der Waals surface area contributed by atoms with Gasteiger partial charge in [0, 0.05) is 29.4 Å². The van der Waals surface area contributed by atoms with Crippen LogP contribution in [0.2, 0.25) is 0 Å². The van der Waals surface area contributed by atoms with Crippen molar-refractivity contribution in [3.63, 3.8) is 0 Å². The van der Waals surface area contributed by atoms with Gasteiger partial charge in [-0.25, -0.2) is 0 Å². The summed E-state index contributed by atoms with van der Waals surface area (Å²) in [5.74, 6) is 0.540. The molecule has 0 saturated heterocycles. The zero-order chi connectivity index (χ0) is 17.6. The number of hydrogen-bond acceptors (Lipinski definition) is 3. The van der Waals surface area contributed by atoms with E-state index in [0.29, 0.717) is 11.5 Å². The lowest BCUT2D eigenvalue weighted by molar-refractivity contribution is 0.102. The maximum Gasteiger partial charge on any atom is 0.255 e. The van der Waals surface area contributed by atoms with E-state index in [4.69, 9.17) is 0 Å². The average Bonchev–Trinajstić information content (AvgIpc) is 2.62. The van der Waals surface area contributed by atoms with Crippen molar-refractivity contribution in [1.82, 2.24) is 4.98 Å². The van der Waals surface area contributed by atoms with E-state index in [1.54, 1.807) is 6.20 Å². The second-order valence-electron chi connectivity index (χ2n) is 6.52. The normalized spacial score (nSPS) is 10.8. The Balaban J connectivity index is 1.68. The predicted molar refractivity (Wildman–Crippen MR) is 104 cm³/mol. The molecule has 0 spiro atoms. The number of nitrogens with zero attached hydrogens (tertiary/aromatic N) is 1. The summed E-state index contributed by atoms with van der Waals surface area (Å²) in [6.07, 6.45) is 2.85. The van der Waals surface area contributed by atoms with Gasteiger partial charge in [-0.3, -0.25) is 9.78 Å². The van der Waals surface area contributed by atoms with Crippen LogP contribution in [-0.2, 0) is 0 Å². The minimum atomic E-state index is -0.133. The summed E-state index contributed by atoms with van der Waals surface area (Å²) in [7, 11) is 0. The highest BCUT2D eigenvalue weighted by molar-refractivity contribution is 6.08. The quantitative estimate of drug-likeness (QED) is 0.671. The number of para-hydroxylation sites is 1. The van der Waals surface area contributed by atoms with Gasteiger partial charge in [0.05, 0.1) is 11.2 Å². The summed E-state index contributed by atoms with van der Waals surface area (Å²) >= 11 is 0. The molecule has 25 heavy (non-hydrogen) atoms. The predicted octanol–water partition coefficient (Wildman–Crippen LogP) is 4.95. The summed E-state index contributed by atoms with van der Waals surface area (Å²) < 4.78 is 0. The molecule has 2 aromatic carbocycles. The molecule has 3 aromatic rings. The van der Waals surface area contributed by atoms with Crippen LogP contribution in [0.15, 0.2) is 60.8 Å². The van der Waals surface area contributed by atoms with Crippen LogP contribution in [0.4, 0.5) is 11.4 Å². The monoisotopic (exact) mass is 333 g/mol. The number of pyridine rings is 1. The summed E-state index contributed by atoms with van der Waals surface area (Å²) in [5, 5.41) is 7.34. The molecule has 0 bridgehead atoms. The standard InChI is InChI=1S/C21H23N3O/c1-15(2)12-14-22-18-10-8-17(9-11-18)21(25)24-19-7-3-5-16-6-4-13-23-20(16)19/h3-11,13,15,22H,12,14H2,1-2H3,(H,24,25). The van der Waals surface area contributed by atoms with Gasteiger partial charge in [-0.05, 0) is 48.7 Å². The number of carbonyl (C=O) groups excluding carboxylic acids is 1. The number of carbonyl (C=O) groups is 1. The van der Waals surface area contributed by atoms with Crippen molar-refractivity contribution in [3.05, 3.63) is 66.4 Å². The molecule has 4 nitrogen and oxygen atoms in total. The van der Waals surface area contributed by atoms with Crippen LogP contribution >= 0.6 is 0 Å². The van der Waals surface area contributed by atoms with E-state index >= 15 is 0 Å². The van der Waals surface area contributed by atoms with Crippen molar-refractivity contribution in [2.24, 2.45) is 5.92 Å². The molecule has 2 N–H and O–H groups in total. The molecule has 0 radical (unpaired) electrons. The maximum atomic E-state index is 12.5. The molecular formula is C21H23N3O. The summed E-state index contributed by atoms with van der Waals surface area (Å²) in [6.45, 7) is 5.35. The molecule has 0 aliphatic rings. The lowest BCUT2D eigenvalue weighted by Gasteiger charge is -2.10. The first-order chi connectivity index (χ1) is 12.1. The molecule has 1 amide bonds. The number of fused-ring (bicyclic) bond motifs is 1.